The van der Waals surface area contributed by atoms with Gasteiger partial charge in [0.25, 0.3) is 0 Å². The lowest BCUT2D eigenvalue weighted by Gasteiger charge is -2.27. The molecule has 6 amide bonds. The van der Waals surface area contributed by atoms with Gasteiger partial charge in [-0.2, -0.15) is 0 Å². The van der Waals surface area contributed by atoms with Crippen LogP contribution in [-0.2, 0) is 44.8 Å². The van der Waals surface area contributed by atoms with Gasteiger partial charge in [-0.3, -0.25) is 33.6 Å². The summed E-state index contributed by atoms with van der Waals surface area (Å²) in [6, 6.07) is -0.329. The average molecular weight is 633 g/mol. The molecule has 0 aliphatic carbocycles. The Balaban J connectivity index is 2.31. The number of phenols is 1. The van der Waals surface area contributed by atoms with Crippen molar-refractivity contribution in [2.45, 2.75) is 89.0 Å². The van der Waals surface area contributed by atoms with Gasteiger partial charge in [0, 0.05) is 19.3 Å². The number of hydrogen-bond acceptors (Lipinski definition) is 9. The number of nitrogens with one attached hydrogen (secondary N) is 5. The number of carbonyl (C=O) groups excluding carboxylic acids is 7. The van der Waals surface area contributed by atoms with Crippen molar-refractivity contribution in [3.63, 3.8) is 0 Å². The second-order valence-corrected chi connectivity index (χ2v) is 11.2. The van der Waals surface area contributed by atoms with Gasteiger partial charge in [0.15, 0.2) is 0 Å². The molecule has 0 aromatic heterocycles. The molecule has 0 saturated carbocycles. The molecule has 246 valence electrons. The number of nitrogens with two attached hydrogens (primary N) is 1. The summed E-state index contributed by atoms with van der Waals surface area (Å²) < 4.78 is 0. The molecule has 5 atom stereocenters. The van der Waals surface area contributed by atoms with Gasteiger partial charge < -0.3 is 47.3 Å². The number of carboxylic acid groups (broad SMARTS) is 1. The molecule has 45 heavy (non-hydrogen) atoms. The molecule has 1 fully saturated rings. The van der Waals surface area contributed by atoms with E-state index in [0.29, 0.717) is 5.56 Å². The number of aliphatic carboxylic acids is 1. The third-order valence-corrected chi connectivity index (χ3v) is 6.85. The average Bonchev–Trinajstić information content (AvgIpc) is 3.40. The molecule has 0 unspecified atom stereocenters. The van der Waals surface area contributed by atoms with Gasteiger partial charge in [0.05, 0.1) is 12.5 Å². The van der Waals surface area contributed by atoms with Crippen LogP contribution in [0, 0.1) is 5.92 Å². The number of rotatable bonds is 18. The summed E-state index contributed by atoms with van der Waals surface area (Å²) in [4.78, 5) is 98.3. The fraction of sp³-hybridized carbons (Fsp3) is 0.517. The van der Waals surface area contributed by atoms with E-state index in [1.807, 2.05) is 13.8 Å². The standard InChI is InChI=1S/C29H40N6O10/c1-15(2)11-21(34-27(43)19-7-9-24(39)32-19)28(44)35-22(12-16-3-5-18(37)6-4-16)29(45)33-20(8-10-25(40)41)26(42)31-17(14-36)13-23(30)38/h3-6,14-15,17,19-22,37H,7-13H2,1-2H3,(H2,30,38)(H,31,42)(H,32,39)(H,33,45)(H,34,43)(H,35,44)(H,40,41)/t17-,19-,20-,21-,22-/m0/s1. The second kappa shape index (κ2) is 17.3. The third kappa shape index (κ3) is 12.6. The summed E-state index contributed by atoms with van der Waals surface area (Å²) in [5.41, 5.74) is 5.60. The molecule has 0 bridgehead atoms. The quantitative estimate of drug-likeness (QED) is 0.0836. The Kier molecular flexibility index (Phi) is 13.9. The molecule has 9 N–H and O–H groups in total. The van der Waals surface area contributed by atoms with Gasteiger partial charge >= 0.3 is 5.97 Å². The molecule has 16 nitrogen and oxygen atoms in total. The SMILES string of the molecule is CC(C)C[C@H](NC(=O)[C@@H]1CCC(=O)N1)C(=O)N[C@@H](Cc1ccc(O)cc1)C(=O)N[C@@H](CCC(=O)O)C(=O)N[C@H](C=O)CC(N)=O. The second-order valence-electron chi connectivity index (χ2n) is 11.2. The number of aldehydes is 1. The van der Waals surface area contributed by atoms with Gasteiger partial charge in [-0.1, -0.05) is 26.0 Å². The normalized spacial score (nSPS) is 16.8. The van der Waals surface area contributed by atoms with Gasteiger partial charge in [-0.15, -0.1) is 0 Å². The smallest absolute Gasteiger partial charge is 0.303 e. The topological polar surface area (TPSA) is 263 Å². The molecule has 2 rings (SSSR count). The fourth-order valence-corrected chi connectivity index (χ4v) is 4.58. The lowest BCUT2D eigenvalue weighted by molar-refractivity contribution is -0.138. The van der Waals surface area contributed by atoms with Crippen LogP contribution in [-0.4, -0.2) is 88.1 Å². The van der Waals surface area contributed by atoms with Crippen molar-refractivity contribution in [1.82, 2.24) is 26.6 Å². The first-order chi connectivity index (χ1) is 21.2. The largest absolute Gasteiger partial charge is 0.508 e. The zero-order valence-corrected chi connectivity index (χ0v) is 25.0. The van der Waals surface area contributed by atoms with Crippen molar-refractivity contribution in [2.24, 2.45) is 11.7 Å². The molecular formula is C29H40N6O10. The lowest BCUT2D eigenvalue weighted by atomic mass is 10.00. The predicted molar refractivity (Wildman–Crippen MR) is 157 cm³/mol. The number of carboxylic acids is 1. The monoisotopic (exact) mass is 632 g/mol. The number of phenolic OH excluding ortho intramolecular Hbond substituents is 1. The van der Waals surface area contributed by atoms with Gasteiger partial charge in [-0.25, -0.2) is 0 Å². The molecule has 1 heterocycles. The highest BCUT2D eigenvalue weighted by molar-refractivity contribution is 5.97. The number of amides is 6. The Morgan fingerprint density at radius 2 is 1.56 bits per heavy atom. The minimum atomic E-state index is -1.49. The predicted octanol–water partition coefficient (Wildman–Crippen LogP) is -1.86. The van der Waals surface area contributed by atoms with Crippen molar-refractivity contribution in [3.05, 3.63) is 29.8 Å². The van der Waals surface area contributed by atoms with E-state index in [1.165, 1.54) is 24.3 Å². The van der Waals surface area contributed by atoms with Gasteiger partial charge in [-0.05, 0) is 42.9 Å². The van der Waals surface area contributed by atoms with E-state index in [1.54, 1.807) is 0 Å². The first-order valence-corrected chi connectivity index (χ1v) is 14.4. The number of hydrogen-bond donors (Lipinski definition) is 8. The Labute approximate surface area is 259 Å². The van der Waals surface area contributed by atoms with Crippen LogP contribution in [0.3, 0.4) is 0 Å². The fourth-order valence-electron chi connectivity index (χ4n) is 4.58. The maximum Gasteiger partial charge on any atom is 0.303 e. The van der Waals surface area contributed by atoms with E-state index >= 15 is 0 Å². The van der Waals surface area contributed by atoms with Gasteiger partial charge in [0.2, 0.25) is 35.4 Å². The number of benzene rings is 1. The third-order valence-electron chi connectivity index (χ3n) is 6.85. The Bertz CT molecular complexity index is 1270. The molecule has 1 aliphatic rings. The zero-order valence-electron chi connectivity index (χ0n) is 25.0. The Hall–Kier alpha value is -5.02. The van der Waals surface area contributed by atoms with E-state index in [4.69, 9.17) is 5.73 Å². The minimum Gasteiger partial charge on any atom is -0.508 e. The van der Waals surface area contributed by atoms with Gasteiger partial charge in [0.1, 0.15) is 36.2 Å². The first kappa shape index (κ1) is 36.2. The van der Waals surface area contributed by atoms with Crippen molar-refractivity contribution in [1.29, 1.82) is 0 Å². The summed E-state index contributed by atoms with van der Waals surface area (Å²) >= 11 is 0. The molecule has 0 radical (unpaired) electrons. The summed E-state index contributed by atoms with van der Waals surface area (Å²) in [6.45, 7) is 3.64. The van der Waals surface area contributed by atoms with Crippen LogP contribution in [0.5, 0.6) is 5.75 Å². The number of aromatic hydroxyl groups is 1. The Morgan fingerprint density at radius 1 is 0.956 bits per heavy atom. The molecule has 1 aromatic carbocycles. The van der Waals surface area contributed by atoms with Crippen molar-refractivity contribution in [3.8, 4) is 5.75 Å². The highest BCUT2D eigenvalue weighted by Gasteiger charge is 2.34. The number of primary amides is 1. The summed E-state index contributed by atoms with van der Waals surface area (Å²) in [6.07, 6.45) is -0.720. The van der Waals surface area contributed by atoms with Crippen LogP contribution in [0.25, 0.3) is 0 Å². The molecule has 1 saturated heterocycles. The van der Waals surface area contributed by atoms with Crippen molar-refractivity contribution >= 4 is 47.7 Å². The summed E-state index contributed by atoms with van der Waals surface area (Å²) in [7, 11) is 0. The van der Waals surface area contributed by atoms with E-state index < -0.39 is 85.0 Å². The highest BCUT2D eigenvalue weighted by atomic mass is 16.4. The van der Waals surface area contributed by atoms with E-state index in [-0.39, 0.29) is 49.5 Å². The van der Waals surface area contributed by atoms with Crippen LogP contribution < -0.4 is 32.3 Å². The minimum absolute atomic E-state index is 0.0476. The van der Waals surface area contributed by atoms with Crippen molar-refractivity contribution < 1.29 is 48.6 Å². The zero-order chi connectivity index (χ0) is 33.7. The van der Waals surface area contributed by atoms with E-state index in [0.717, 1.165) is 0 Å². The van der Waals surface area contributed by atoms with Crippen LogP contribution in [0.15, 0.2) is 24.3 Å². The van der Waals surface area contributed by atoms with Crippen LogP contribution >= 0.6 is 0 Å². The summed E-state index contributed by atoms with van der Waals surface area (Å²) in [5, 5.41) is 31.3. The van der Waals surface area contributed by atoms with E-state index in [9.17, 15) is 48.6 Å². The maximum atomic E-state index is 13.6. The van der Waals surface area contributed by atoms with Crippen LogP contribution in [0.4, 0.5) is 0 Å². The van der Waals surface area contributed by atoms with Crippen molar-refractivity contribution in [2.75, 3.05) is 0 Å². The Morgan fingerprint density at radius 3 is 2.09 bits per heavy atom. The maximum absolute atomic E-state index is 13.6. The lowest BCUT2D eigenvalue weighted by Crippen LogP contribution is -2.59. The van der Waals surface area contributed by atoms with E-state index in [2.05, 4.69) is 26.6 Å². The van der Waals surface area contributed by atoms with Crippen LogP contribution in [0.2, 0.25) is 0 Å². The molecule has 1 aromatic rings. The molecule has 1 aliphatic heterocycles. The molecular weight excluding hydrogens is 592 g/mol. The molecule has 16 heteroatoms. The summed E-state index contributed by atoms with van der Waals surface area (Å²) in [5.74, 6) is -5.70. The van der Waals surface area contributed by atoms with Crippen LogP contribution in [0.1, 0.15) is 57.9 Å². The highest BCUT2D eigenvalue weighted by Crippen LogP contribution is 2.14. The first-order valence-electron chi connectivity index (χ1n) is 14.4. The molecule has 0 spiro atoms. The number of carbonyl (C=O) groups is 8.